The molecule has 17 heteroatoms. The molecule has 0 saturated carbocycles. The van der Waals surface area contributed by atoms with E-state index >= 15 is 0 Å². The molecule has 0 aliphatic heterocycles. The summed E-state index contributed by atoms with van der Waals surface area (Å²) in [6, 6.07) is 5.44. The first kappa shape index (κ1) is 49.7. The van der Waals surface area contributed by atoms with Crippen molar-refractivity contribution >= 4 is 35.3 Å². The maximum Gasteiger partial charge on any atom is 0.312 e. The number of hydrogen-bond donors (Lipinski definition) is 7. The Morgan fingerprint density at radius 1 is 0.804 bits per heavy atom. The second-order valence-electron chi connectivity index (χ2n) is 13.0. The van der Waals surface area contributed by atoms with E-state index in [-0.39, 0.29) is 56.6 Å². The van der Waals surface area contributed by atoms with Crippen molar-refractivity contribution < 1.29 is 52.8 Å². The maximum atomic E-state index is 12.6. The lowest BCUT2D eigenvalue weighted by Crippen LogP contribution is -2.51. The molecule has 2 unspecified atom stereocenters. The standard InChI is InChI=1S/C35H54N4O10.C4H10N2O/c1-27(2)34(35(44)37-24-32(42)38-29-12-10-28(25-40)11-13-29)39-31(41)14-16-45-18-20-47-22-23-48-21-19-46-17-15-36-33(43)26-49-30-8-6-4-3-5-7-9-30;1-2-3-6-4(5)7/h10-13,27,30,34,40H,3-6,8,14-26H2,1-2H3,(H,36,43)(H,37,44)(H,38,42)(H,39,41);2-3H2,1H3,(H3,5,6,7). The van der Waals surface area contributed by atoms with Crippen LogP contribution in [0.25, 0.3) is 0 Å². The van der Waals surface area contributed by atoms with Crippen LogP contribution >= 0.6 is 0 Å². The number of rotatable bonds is 27. The first-order valence-electron chi connectivity index (χ1n) is 19.3. The predicted molar refractivity (Wildman–Crippen MR) is 210 cm³/mol. The molecule has 2 rings (SSSR count). The van der Waals surface area contributed by atoms with E-state index < -0.39 is 23.9 Å². The average Bonchev–Trinajstić information content (AvgIpc) is 3.16. The Bertz CT molecular complexity index is 1320. The molecule has 0 spiro atoms. The number of anilines is 1. The molecule has 0 heterocycles. The van der Waals surface area contributed by atoms with Gasteiger partial charge in [-0.05, 0) is 49.3 Å². The van der Waals surface area contributed by atoms with Crippen molar-refractivity contribution in [2.45, 2.75) is 84.5 Å². The molecule has 0 bridgehead atoms. The van der Waals surface area contributed by atoms with Gasteiger partial charge in [-0.25, -0.2) is 4.79 Å². The second-order valence-corrected chi connectivity index (χ2v) is 13.0. The molecular formula is C39H64N6O11. The summed E-state index contributed by atoms with van der Waals surface area (Å²) in [6.07, 6.45) is 5.94. The van der Waals surface area contributed by atoms with Crippen LogP contribution in [-0.2, 0) is 49.5 Å². The quantitative estimate of drug-likeness (QED) is 0.0496. The van der Waals surface area contributed by atoms with Gasteiger partial charge in [-0.2, -0.15) is 0 Å². The van der Waals surface area contributed by atoms with Crippen molar-refractivity contribution in [3.63, 3.8) is 0 Å². The van der Waals surface area contributed by atoms with Crippen LogP contribution < -0.4 is 32.3 Å². The van der Waals surface area contributed by atoms with E-state index in [2.05, 4.69) is 38.4 Å². The van der Waals surface area contributed by atoms with Crippen LogP contribution in [0, 0.1) is 17.8 Å². The number of aliphatic hydroxyl groups excluding tert-OH is 1. The molecule has 0 fully saturated rings. The minimum Gasteiger partial charge on any atom is -0.392 e. The maximum absolute atomic E-state index is 12.6. The SMILES string of the molecule is CC(C)C(NC(=O)CCOCCOCCOCCOCCNC(=O)COC1C#CCCCCC1)C(=O)NCC(=O)Nc1ccc(CO)cc1.CCCNC(N)=O. The van der Waals surface area contributed by atoms with Gasteiger partial charge < -0.3 is 61.1 Å². The Morgan fingerprint density at radius 2 is 1.45 bits per heavy atom. The zero-order chi connectivity index (χ0) is 41.2. The normalized spacial score (nSPS) is 14.1. The van der Waals surface area contributed by atoms with E-state index in [1.165, 1.54) is 0 Å². The Kier molecular flexibility index (Phi) is 29.2. The first-order chi connectivity index (χ1) is 27.0. The topological polar surface area (TPSA) is 238 Å². The number of hydrogen-bond acceptors (Lipinski definition) is 11. The summed E-state index contributed by atoms with van der Waals surface area (Å²) >= 11 is 0. The van der Waals surface area contributed by atoms with Gasteiger partial charge in [0.15, 0.2) is 0 Å². The van der Waals surface area contributed by atoms with Crippen LogP contribution in [0.4, 0.5) is 10.5 Å². The van der Waals surface area contributed by atoms with Gasteiger partial charge in [0.05, 0.1) is 66.0 Å². The molecule has 8 N–H and O–H groups in total. The van der Waals surface area contributed by atoms with E-state index in [1.54, 1.807) is 38.1 Å². The smallest absolute Gasteiger partial charge is 0.312 e. The molecule has 1 aliphatic carbocycles. The zero-order valence-corrected chi connectivity index (χ0v) is 33.3. The number of nitrogens with one attached hydrogen (secondary N) is 5. The number of amides is 6. The highest BCUT2D eigenvalue weighted by molar-refractivity contribution is 5.96. The molecule has 0 saturated heterocycles. The fourth-order valence-electron chi connectivity index (χ4n) is 4.72. The Balaban J connectivity index is 0.00000203. The molecule has 2 atom stereocenters. The van der Waals surface area contributed by atoms with Gasteiger partial charge in [0.1, 0.15) is 18.8 Å². The lowest BCUT2D eigenvalue weighted by molar-refractivity contribution is -0.131. The Morgan fingerprint density at radius 3 is 2.04 bits per heavy atom. The number of carbonyl (C=O) groups is 5. The Labute approximate surface area is 331 Å². The number of ether oxygens (including phenoxy) is 5. The Hall–Kier alpha value is -4.31. The zero-order valence-electron chi connectivity index (χ0n) is 33.3. The fourth-order valence-corrected chi connectivity index (χ4v) is 4.72. The van der Waals surface area contributed by atoms with Crippen LogP contribution in [0.1, 0.15) is 71.3 Å². The number of nitrogens with two attached hydrogens (primary N) is 1. The number of aliphatic hydroxyl groups is 1. The monoisotopic (exact) mass is 792 g/mol. The average molecular weight is 793 g/mol. The second kappa shape index (κ2) is 32.9. The van der Waals surface area contributed by atoms with Gasteiger partial charge in [-0.1, -0.05) is 45.2 Å². The van der Waals surface area contributed by atoms with Crippen molar-refractivity contribution in [3.8, 4) is 11.8 Å². The molecule has 316 valence electrons. The molecule has 6 amide bonds. The van der Waals surface area contributed by atoms with Crippen molar-refractivity contribution in [1.82, 2.24) is 21.3 Å². The number of primary amides is 1. The first-order valence-corrected chi connectivity index (χ1v) is 19.3. The van der Waals surface area contributed by atoms with Crippen LogP contribution in [0.2, 0.25) is 0 Å². The van der Waals surface area contributed by atoms with Crippen LogP contribution in [0.15, 0.2) is 24.3 Å². The highest BCUT2D eigenvalue weighted by Crippen LogP contribution is 2.11. The van der Waals surface area contributed by atoms with Crippen molar-refractivity contribution in [2.75, 3.05) is 84.4 Å². The van der Waals surface area contributed by atoms with E-state index in [1.807, 2.05) is 6.92 Å². The van der Waals surface area contributed by atoms with Crippen LogP contribution in [-0.4, -0.2) is 126 Å². The van der Waals surface area contributed by atoms with Gasteiger partial charge in [-0.3, -0.25) is 19.2 Å². The third kappa shape index (κ3) is 27.3. The summed E-state index contributed by atoms with van der Waals surface area (Å²) in [5.41, 5.74) is 5.99. The largest absolute Gasteiger partial charge is 0.392 e. The lowest BCUT2D eigenvalue weighted by atomic mass is 10.0. The van der Waals surface area contributed by atoms with Crippen LogP contribution in [0.3, 0.4) is 0 Å². The molecule has 56 heavy (non-hydrogen) atoms. The fraction of sp³-hybridized carbons (Fsp3) is 0.667. The highest BCUT2D eigenvalue weighted by atomic mass is 16.6. The summed E-state index contributed by atoms with van der Waals surface area (Å²) in [7, 11) is 0. The molecule has 1 aromatic carbocycles. The van der Waals surface area contributed by atoms with E-state index in [0.29, 0.717) is 65.0 Å². The van der Waals surface area contributed by atoms with E-state index in [4.69, 9.17) is 34.5 Å². The third-order valence-corrected chi connectivity index (χ3v) is 7.76. The summed E-state index contributed by atoms with van der Waals surface area (Å²) in [6.45, 7) is 9.01. The molecule has 0 radical (unpaired) electrons. The summed E-state index contributed by atoms with van der Waals surface area (Å²) < 4.78 is 27.4. The minimum atomic E-state index is -0.806. The number of benzene rings is 1. The number of carbonyl (C=O) groups excluding carboxylic acids is 5. The minimum absolute atomic E-state index is 0.00296. The summed E-state index contributed by atoms with van der Waals surface area (Å²) in [4.78, 5) is 59.0. The highest BCUT2D eigenvalue weighted by Gasteiger charge is 2.24. The van der Waals surface area contributed by atoms with Gasteiger partial charge in [0.25, 0.3) is 0 Å². The van der Waals surface area contributed by atoms with Crippen LogP contribution in [0.5, 0.6) is 0 Å². The predicted octanol–water partition coefficient (Wildman–Crippen LogP) is 1.36. The van der Waals surface area contributed by atoms with E-state index in [0.717, 1.165) is 44.1 Å². The molecule has 1 aliphatic rings. The summed E-state index contributed by atoms with van der Waals surface area (Å²) in [5, 5.41) is 22.2. The molecule has 1 aromatic rings. The van der Waals surface area contributed by atoms with Crippen molar-refractivity contribution in [1.29, 1.82) is 0 Å². The number of urea groups is 1. The van der Waals surface area contributed by atoms with E-state index in [9.17, 15) is 24.0 Å². The van der Waals surface area contributed by atoms with Crippen molar-refractivity contribution in [3.05, 3.63) is 29.8 Å². The lowest BCUT2D eigenvalue weighted by Gasteiger charge is -2.21. The molecular weight excluding hydrogens is 728 g/mol. The third-order valence-electron chi connectivity index (χ3n) is 7.76. The summed E-state index contributed by atoms with van der Waals surface area (Å²) in [5.74, 6) is 4.58. The molecule has 17 nitrogen and oxygen atoms in total. The van der Waals surface area contributed by atoms with Gasteiger partial charge in [-0.15, -0.1) is 5.92 Å². The van der Waals surface area contributed by atoms with Gasteiger partial charge >= 0.3 is 6.03 Å². The van der Waals surface area contributed by atoms with Gasteiger partial charge in [0, 0.05) is 31.6 Å². The molecule has 0 aromatic heterocycles. The van der Waals surface area contributed by atoms with Gasteiger partial charge in [0.2, 0.25) is 23.6 Å². The van der Waals surface area contributed by atoms with Crippen molar-refractivity contribution in [2.24, 2.45) is 11.7 Å².